The molecule has 1 atom stereocenters. The molecule has 4 nitrogen and oxygen atoms in total. The Hall–Kier alpha value is -1.00. The minimum atomic E-state index is -0.0433. The number of hydrogen-bond donors (Lipinski definition) is 1. The Labute approximate surface area is 101 Å². The predicted octanol–water partition coefficient (Wildman–Crippen LogP) is 1.57. The number of amides is 1. The minimum Gasteiger partial charge on any atom is -0.456 e. The van der Waals surface area contributed by atoms with Gasteiger partial charge in [-0.1, -0.05) is 0 Å². The van der Waals surface area contributed by atoms with E-state index in [4.69, 9.17) is 10.2 Å². The summed E-state index contributed by atoms with van der Waals surface area (Å²) >= 11 is 0. The zero-order valence-corrected chi connectivity index (χ0v) is 10.1. The van der Waals surface area contributed by atoms with Gasteiger partial charge in [0.2, 0.25) is 0 Å². The summed E-state index contributed by atoms with van der Waals surface area (Å²) in [5.41, 5.74) is 5.82. The van der Waals surface area contributed by atoms with E-state index in [1.807, 2.05) is 6.92 Å². The highest BCUT2D eigenvalue weighted by molar-refractivity contribution is 5.91. The molecule has 0 bridgehead atoms. The topological polar surface area (TPSA) is 59.5 Å². The van der Waals surface area contributed by atoms with Crippen molar-refractivity contribution >= 4 is 18.3 Å². The normalized spacial score (nSPS) is 20.4. The lowest BCUT2D eigenvalue weighted by atomic mass is 10.1. The van der Waals surface area contributed by atoms with E-state index in [9.17, 15) is 4.79 Å². The van der Waals surface area contributed by atoms with Gasteiger partial charge in [0.25, 0.3) is 5.91 Å². The van der Waals surface area contributed by atoms with Crippen LogP contribution >= 0.6 is 12.4 Å². The highest BCUT2D eigenvalue weighted by Crippen LogP contribution is 2.14. The van der Waals surface area contributed by atoms with Crippen molar-refractivity contribution in [3.8, 4) is 0 Å². The molecule has 0 spiro atoms. The molecule has 2 heterocycles. The lowest BCUT2D eigenvalue weighted by Crippen LogP contribution is -2.45. The van der Waals surface area contributed by atoms with Crippen LogP contribution in [0.3, 0.4) is 0 Å². The molecule has 0 saturated carbocycles. The molecule has 16 heavy (non-hydrogen) atoms. The molecule has 1 aromatic heterocycles. The number of aryl methyl sites for hydroxylation is 1. The summed E-state index contributed by atoms with van der Waals surface area (Å²) in [6.07, 6.45) is 1.98. The first kappa shape index (κ1) is 13.1. The molecule has 90 valence electrons. The maximum atomic E-state index is 11.9. The van der Waals surface area contributed by atoms with Crippen LogP contribution in [0.1, 0.15) is 29.2 Å². The molecule has 0 aliphatic carbocycles. The average Bonchev–Trinajstić information content (AvgIpc) is 2.64. The first-order chi connectivity index (χ1) is 7.16. The first-order valence-electron chi connectivity index (χ1n) is 5.28. The van der Waals surface area contributed by atoms with Crippen molar-refractivity contribution in [3.05, 3.63) is 23.7 Å². The van der Waals surface area contributed by atoms with Gasteiger partial charge in [-0.25, -0.2) is 0 Å². The number of halogens is 1. The molecule has 1 aliphatic rings. The fourth-order valence-electron chi connectivity index (χ4n) is 1.90. The SMILES string of the molecule is Cc1ccc(C(=O)N2CCCC(N)C2)o1.Cl. The lowest BCUT2D eigenvalue weighted by Gasteiger charge is -2.30. The van der Waals surface area contributed by atoms with Crippen LogP contribution in [0.2, 0.25) is 0 Å². The van der Waals surface area contributed by atoms with Gasteiger partial charge in [-0.2, -0.15) is 0 Å². The van der Waals surface area contributed by atoms with Crippen LogP contribution in [0.4, 0.5) is 0 Å². The van der Waals surface area contributed by atoms with E-state index >= 15 is 0 Å². The molecule has 1 aliphatic heterocycles. The van der Waals surface area contributed by atoms with Crippen molar-refractivity contribution in [3.63, 3.8) is 0 Å². The summed E-state index contributed by atoms with van der Waals surface area (Å²) in [4.78, 5) is 13.7. The molecule has 1 amide bonds. The quantitative estimate of drug-likeness (QED) is 0.816. The van der Waals surface area contributed by atoms with Crippen molar-refractivity contribution in [2.75, 3.05) is 13.1 Å². The summed E-state index contributed by atoms with van der Waals surface area (Å²) in [5.74, 6) is 1.14. The molecule has 2 N–H and O–H groups in total. The number of hydrogen-bond acceptors (Lipinski definition) is 3. The Bertz CT molecular complexity index is 365. The maximum Gasteiger partial charge on any atom is 0.289 e. The van der Waals surface area contributed by atoms with Crippen molar-refractivity contribution in [1.82, 2.24) is 4.90 Å². The van der Waals surface area contributed by atoms with E-state index in [1.165, 1.54) is 0 Å². The molecule has 1 fully saturated rings. The van der Waals surface area contributed by atoms with Crippen LogP contribution in [0.25, 0.3) is 0 Å². The molecule has 1 saturated heterocycles. The highest BCUT2D eigenvalue weighted by atomic mass is 35.5. The molecule has 0 aromatic carbocycles. The van der Waals surface area contributed by atoms with E-state index < -0.39 is 0 Å². The number of rotatable bonds is 1. The van der Waals surface area contributed by atoms with Gasteiger partial charge in [0.15, 0.2) is 5.76 Å². The van der Waals surface area contributed by atoms with Crippen LogP contribution in [-0.4, -0.2) is 29.9 Å². The van der Waals surface area contributed by atoms with Crippen LogP contribution in [0, 0.1) is 6.92 Å². The van der Waals surface area contributed by atoms with Crippen LogP contribution in [0.15, 0.2) is 16.5 Å². The van der Waals surface area contributed by atoms with E-state index in [2.05, 4.69) is 0 Å². The third-order valence-corrected chi connectivity index (χ3v) is 2.70. The molecule has 2 rings (SSSR count). The second kappa shape index (κ2) is 5.37. The molecular formula is C11H17ClN2O2. The first-order valence-corrected chi connectivity index (χ1v) is 5.28. The third kappa shape index (κ3) is 2.77. The smallest absolute Gasteiger partial charge is 0.289 e. The summed E-state index contributed by atoms with van der Waals surface area (Å²) < 4.78 is 5.30. The Balaban J connectivity index is 0.00000128. The van der Waals surface area contributed by atoms with Crippen molar-refractivity contribution < 1.29 is 9.21 Å². The van der Waals surface area contributed by atoms with Gasteiger partial charge in [0.1, 0.15) is 5.76 Å². The fraction of sp³-hybridized carbons (Fsp3) is 0.545. The second-order valence-corrected chi connectivity index (χ2v) is 4.06. The van der Waals surface area contributed by atoms with Gasteiger partial charge in [0.05, 0.1) is 0 Å². The highest BCUT2D eigenvalue weighted by Gasteiger charge is 2.23. The van der Waals surface area contributed by atoms with Gasteiger partial charge in [-0.3, -0.25) is 4.79 Å². The Morgan fingerprint density at radius 2 is 2.31 bits per heavy atom. The Kier molecular flexibility index (Phi) is 4.38. The number of likely N-dealkylation sites (tertiary alicyclic amines) is 1. The number of carbonyl (C=O) groups is 1. The molecular weight excluding hydrogens is 228 g/mol. The summed E-state index contributed by atoms with van der Waals surface area (Å²) in [5, 5.41) is 0. The number of piperidine rings is 1. The van der Waals surface area contributed by atoms with Crippen LogP contribution in [-0.2, 0) is 0 Å². The third-order valence-electron chi connectivity index (χ3n) is 2.70. The van der Waals surface area contributed by atoms with E-state index in [0.717, 1.165) is 25.1 Å². The molecule has 5 heteroatoms. The average molecular weight is 245 g/mol. The zero-order valence-electron chi connectivity index (χ0n) is 9.31. The van der Waals surface area contributed by atoms with Crippen molar-refractivity contribution in [2.24, 2.45) is 5.73 Å². The lowest BCUT2D eigenvalue weighted by molar-refractivity contribution is 0.0675. The molecule has 0 radical (unpaired) electrons. The fourth-order valence-corrected chi connectivity index (χ4v) is 1.90. The zero-order chi connectivity index (χ0) is 10.8. The largest absolute Gasteiger partial charge is 0.456 e. The van der Waals surface area contributed by atoms with Gasteiger partial charge >= 0.3 is 0 Å². The van der Waals surface area contributed by atoms with Gasteiger partial charge < -0.3 is 15.1 Å². The molecule has 1 aromatic rings. The van der Waals surface area contributed by atoms with Gasteiger partial charge in [-0.05, 0) is 31.9 Å². The van der Waals surface area contributed by atoms with Gasteiger partial charge in [0, 0.05) is 19.1 Å². The van der Waals surface area contributed by atoms with Crippen molar-refractivity contribution in [2.45, 2.75) is 25.8 Å². The van der Waals surface area contributed by atoms with Crippen molar-refractivity contribution in [1.29, 1.82) is 0 Å². The second-order valence-electron chi connectivity index (χ2n) is 4.06. The number of nitrogens with two attached hydrogens (primary N) is 1. The van der Waals surface area contributed by atoms with Crippen LogP contribution in [0.5, 0.6) is 0 Å². The van der Waals surface area contributed by atoms with Crippen LogP contribution < -0.4 is 5.73 Å². The number of furan rings is 1. The summed E-state index contributed by atoms with van der Waals surface area (Å²) in [6, 6.07) is 3.63. The van der Waals surface area contributed by atoms with E-state index in [-0.39, 0.29) is 24.4 Å². The number of nitrogens with zero attached hydrogens (tertiary/aromatic N) is 1. The maximum absolute atomic E-state index is 11.9. The summed E-state index contributed by atoms with van der Waals surface area (Å²) in [7, 11) is 0. The van der Waals surface area contributed by atoms with E-state index in [0.29, 0.717) is 12.3 Å². The monoisotopic (exact) mass is 244 g/mol. The Morgan fingerprint density at radius 3 is 2.88 bits per heavy atom. The Morgan fingerprint density at radius 1 is 1.56 bits per heavy atom. The van der Waals surface area contributed by atoms with Gasteiger partial charge in [-0.15, -0.1) is 12.4 Å². The predicted molar refractivity (Wildman–Crippen MR) is 63.8 cm³/mol. The standard InChI is InChI=1S/C11H16N2O2.ClH/c1-8-4-5-10(15-8)11(14)13-6-2-3-9(12)7-13;/h4-5,9H,2-3,6-7,12H2,1H3;1H. The van der Waals surface area contributed by atoms with E-state index in [1.54, 1.807) is 17.0 Å². The minimum absolute atomic E-state index is 0. The molecule has 1 unspecified atom stereocenters. The number of carbonyl (C=O) groups excluding carboxylic acids is 1. The summed E-state index contributed by atoms with van der Waals surface area (Å²) in [6.45, 7) is 3.25.